The van der Waals surface area contributed by atoms with E-state index in [4.69, 9.17) is 9.40 Å². The summed E-state index contributed by atoms with van der Waals surface area (Å²) in [5.74, 6) is 0.373. The van der Waals surface area contributed by atoms with Crippen LogP contribution < -0.4 is 10.2 Å². The van der Waals surface area contributed by atoms with Crippen molar-refractivity contribution in [1.29, 1.82) is 0 Å². The molecule has 4 aromatic rings. The van der Waals surface area contributed by atoms with Gasteiger partial charge in [-0.25, -0.2) is 4.98 Å². The molecule has 1 N–H and O–H groups in total. The average molecular weight is 489 g/mol. The number of carbonyl (C=O) groups excluding carboxylic acids is 2. The second-order valence-electron chi connectivity index (χ2n) is 8.73. The predicted molar refractivity (Wildman–Crippen MR) is 138 cm³/mol. The fraction of sp³-hybridized carbons (Fsp3) is 0.296. The summed E-state index contributed by atoms with van der Waals surface area (Å²) in [5.41, 5.74) is 2.05. The molecule has 2 aromatic carbocycles. The van der Waals surface area contributed by atoms with Crippen molar-refractivity contribution in [1.82, 2.24) is 15.2 Å². The molecule has 0 radical (unpaired) electrons. The third-order valence-corrected chi connectivity index (χ3v) is 7.57. The number of para-hydroxylation sites is 2. The van der Waals surface area contributed by atoms with Crippen LogP contribution in [0.5, 0.6) is 0 Å². The molecule has 0 spiro atoms. The smallest absolute Gasteiger partial charge is 0.253 e. The maximum Gasteiger partial charge on any atom is 0.253 e. The van der Waals surface area contributed by atoms with E-state index in [1.54, 1.807) is 53.8 Å². The zero-order valence-corrected chi connectivity index (χ0v) is 20.5. The SMILES string of the molecule is CN(C(=O)CN1CCCCC1c1nc2ccccc2s1)c1ccccc1C(=O)NCc1ccco1. The fourth-order valence-electron chi connectivity index (χ4n) is 4.54. The van der Waals surface area contributed by atoms with Crippen molar-refractivity contribution in [3.63, 3.8) is 0 Å². The lowest BCUT2D eigenvalue weighted by Crippen LogP contribution is -2.43. The molecular weight excluding hydrogens is 460 g/mol. The van der Waals surface area contributed by atoms with E-state index in [2.05, 4.69) is 16.3 Å². The first-order chi connectivity index (χ1) is 17.1. The van der Waals surface area contributed by atoms with E-state index in [0.717, 1.165) is 36.3 Å². The number of hydrogen-bond acceptors (Lipinski definition) is 6. The average Bonchev–Trinajstić information content (AvgIpc) is 3.57. The first-order valence-corrected chi connectivity index (χ1v) is 12.7. The molecule has 1 atom stereocenters. The summed E-state index contributed by atoms with van der Waals surface area (Å²) in [6.07, 6.45) is 4.75. The van der Waals surface area contributed by atoms with Gasteiger partial charge in [-0.05, 0) is 55.8 Å². The Bertz CT molecular complexity index is 1280. The van der Waals surface area contributed by atoms with Crippen LogP contribution in [0.15, 0.2) is 71.3 Å². The van der Waals surface area contributed by atoms with E-state index in [0.29, 0.717) is 17.0 Å². The normalized spacial score (nSPS) is 16.3. The molecule has 2 aromatic heterocycles. The molecule has 0 aliphatic carbocycles. The molecule has 35 heavy (non-hydrogen) atoms. The minimum atomic E-state index is -0.248. The lowest BCUT2D eigenvalue weighted by Gasteiger charge is -2.35. The molecule has 1 saturated heterocycles. The number of piperidine rings is 1. The first kappa shape index (κ1) is 23.3. The van der Waals surface area contributed by atoms with Gasteiger partial charge >= 0.3 is 0 Å². The van der Waals surface area contributed by atoms with E-state index in [9.17, 15) is 9.59 Å². The van der Waals surface area contributed by atoms with E-state index in [-0.39, 0.29) is 30.9 Å². The molecule has 3 heterocycles. The zero-order chi connectivity index (χ0) is 24.2. The Morgan fingerprint density at radius 2 is 1.94 bits per heavy atom. The maximum absolute atomic E-state index is 13.4. The van der Waals surface area contributed by atoms with E-state index in [1.165, 1.54) is 4.70 Å². The summed E-state index contributed by atoms with van der Waals surface area (Å²) in [6, 6.07) is 19.1. The Morgan fingerprint density at radius 3 is 2.77 bits per heavy atom. The number of anilines is 1. The Morgan fingerprint density at radius 1 is 1.11 bits per heavy atom. The number of nitrogens with one attached hydrogen (secondary N) is 1. The zero-order valence-electron chi connectivity index (χ0n) is 19.6. The minimum Gasteiger partial charge on any atom is -0.467 e. The molecule has 1 unspecified atom stereocenters. The summed E-state index contributed by atoms with van der Waals surface area (Å²) in [4.78, 5) is 35.0. The van der Waals surface area contributed by atoms with Gasteiger partial charge in [0.1, 0.15) is 10.8 Å². The number of thiazole rings is 1. The van der Waals surface area contributed by atoms with Crippen molar-refractivity contribution in [3.05, 3.63) is 83.3 Å². The molecule has 1 fully saturated rings. The highest BCUT2D eigenvalue weighted by Crippen LogP contribution is 2.35. The Hall–Kier alpha value is -3.49. The molecule has 0 saturated carbocycles. The minimum absolute atomic E-state index is 0.0516. The van der Waals surface area contributed by atoms with Crippen molar-refractivity contribution in [3.8, 4) is 0 Å². The summed E-state index contributed by atoms with van der Waals surface area (Å²) < 4.78 is 6.47. The van der Waals surface area contributed by atoms with Crippen LogP contribution in [0.3, 0.4) is 0 Å². The first-order valence-electron chi connectivity index (χ1n) is 11.9. The Labute approximate surface area is 208 Å². The Balaban J connectivity index is 1.30. The summed E-state index contributed by atoms with van der Waals surface area (Å²) in [6.45, 7) is 1.42. The molecule has 180 valence electrons. The Kier molecular flexibility index (Phi) is 6.92. The van der Waals surface area contributed by atoms with Crippen molar-refractivity contribution < 1.29 is 14.0 Å². The van der Waals surface area contributed by atoms with Crippen LogP contribution in [0.25, 0.3) is 10.2 Å². The number of rotatable bonds is 7. The second kappa shape index (κ2) is 10.4. The molecule has 5 rings (SSSR count). The van der Waals surface area contributed by atoms with Crippen LogP contribution in [0, 0.1) is 0 Å². The monoisotopic (exact) mass is 488 g/mol. The number of benzene rings is 2. The van der Waals surface area contributed by atoms with Crippen molar-refractivity contribution in [2.45, 2.75) is 31.8 Å². The molecule has 2 amide bonds. The summed E-state index contributed by atoms with van der Waals surface area (Å²) >= 11 is 1.71. The summed E-state index contributed by atoms with van der Waals surface area (Å²) in [5, 5.41) is 3.94. The van der Waals surface area contributed by atoms with Gasteiger partial charge in [0.25, 0.3) is 5.91 Å². The van der Waals surface area contributed by atoms with Gasteiger partial charge in [0.05, 0.1) is 46.9 Å². The third-order valence-electron chi connectivity index (χ3n) is 6.43. The van der Waals surface area contributed by atoms with Crippen LogP contribution in [-0.4, -0.2) is 41.8 Å². The van der Waals surface area contributed by atoms with Crippen LogP contribution in [0.2, 0.25) is 0 Å². The van der Waals surface area contributed by atoms with Gasteiger partial charge in [-0.1, -0.05) is 30.7 Å². The molecule has 7 nitrogen and oxygen atoms in total. The van der Waals surface area contributed by atoms with Gasteiger partial charge in [-0.3, -0.25) is 14.5 Å². The van der Waals surface area contributed by atoms with Gasteiger partial charge in [0.15, 0.2) is 0 Å². The molecule has 8 heteroatoms. The van der Waals surface area contributed by atoms with Crippen molar-refractivity contribution in [2.24, 2.45) is 0 Å². The van der Waals surface area contributed by atoms with Crippen LogP contribution >= 0.6 is 11.3 Å². The standard InChI is InChI=1S/C27H28N4O3S/c1-30(22-12-4-2-10-20(22)26(33)28-17-19-9-8-16-34-19)25(32)18-31-15-7-6-13-23(31)27-29-21-11-3-5-14-24(21)35-27/h2-5,8-12,14,16,23H,6-7,13,15,17-18H2,1H3,(H,28,33). The highest BCUT2D eigenvalue weighted by atomic mass is 32.1. The van der Waals surface area contributed by atoms with Crippen LogP contribution in [-0.2, 0) is 11.3 Å². The fourth-order valence-corrected chi connectivity index (χ4v) is 5.68. The topological polar surface area (TPSA) is 78.7 Å². The molecule has 1 aliphatic heterocycles. The van der Waals surface area contributed by atoms with E-state index >= 15 is 0 Å². The van der Waals surface area contributed by atoms with Gasteiger partial charge in [-0.2, -0.15) is 0 Å². The lowest BCUT2D eigenvalue weighted by atomic mass is 10.0. The van der Waals surface area contributed by atoms with E-state index in [1.807, 2.05) is 30.3 Å². The third kappa shape index (κ3) is 5.13. The lowest BCUT2D eigenvalue weighted by molar-refractivity contribution is -0.120. The molecular formula is C27H28N4O3S. The quantitative estimate of drug-likeness (QED) is 0.396. The largest absolute Gasteiger partial charge is 0.467 e. The number of aromatic nitrogens is 1. The molecule has 0 bridgehead atoms. The van der Waals surface area contributed by atoms with Crippen molar-refractivity contribution in [2.75, 3.05) is 25.0 Å². The van der Waals surface area contributed by atoms with Gasteiger partial charge in [0, 0.05) is 7.05 Å². The highest BCUT2D eigenvalue weighted by Gasteiger charge is 2.30. The predicted octanol–water partition coefficient (Wildman–Crippen LogP) is 5.01. The number of carbonyl (C=O) groups is 2. The number of amides is 2. The van der Waals surface area contributed by atoms with Gasteiger partial charge in [-0.15, -0.1) is 11.3 Å². The number of nitrogens with zero attached hydrogens (tertiary/aromatic N) is 3. The summed E-state index contributed by atoms with van der Waals surface area (Å²) in [7, 11) is 1.73. The number of fused-ring (bicyclic) bond motifs is 1. The molecule has 1 aliphatic rings. The number of furan rings is 1. The van der Waals surface area contributed by atoms with Gasteiger partial charge < -0.3 is 14.6 Å². The maximum atomic E-state index is 13.4. The van der Waals surface area contributed by atoms with Crippen LogP contribution in [0.1, 0.15) is 46.4 Å². The number of likely N-dealkylation sites (tertiary alicyclic amines) is 1. The van der Waals surface area contributed by atoms with Crippen LogP contribution in [0.4, 0.5) is 5.69 Å². The van der Waals surface area contributed by atoms with Crippen molar-refractivity contribution >= 4 is 39.1 Å². The van der Waals surface area contributed by atoms with E-state index < -0.39 is 0 Å². The van der Waals surface area contributed by atoms with Gasteiger partial charge in [0.2, 0.25) is 5.91 Å². The number of likely N-dealkylation sites (N-methyl/N-ethyl adjacent to an activating group) is 1. The second-order valence-corrected chi connectivity index (χ2v) is 9.80. The number of hydrogen-bond donors (Lipinski definition) is 1. The highest BCUT2D eigenvalue weighted by molar-refractivity contribution is 7.18.